The Hall–Kier alpha value is -3.57. The van der Waals surface area contributed by atoms with Crippen LogP contribution in [0.4, 0.5) is 0 Å². The zero-order valence-electron chi connectivity index (χ0n) is 18.7. The number of thiocarbonyl (C=S) groups is 1. The highest BCUT2D eigenvalue weighted by atomic mass is 32.2. The molecule has 1 heterocycles. The van der Waals surface area contributed by atoms with E-state index < -0.39 is 17.8 Å². The number of benzene rings is 2. The second-order valence-corrected chi connectivity index (χ2v) is 8.37. The Labute approximate surface area is 206 Å². The average molecular weight is 503 g/mol. The van der Waals surface area contributed by atoms with Gasteiger partial charge in [0, 0.05) is 5.56 Å². The summed E-state index contributed by atoms with van der Waals surface area (Å²) in [6.45, 7) is 1.92. The summed E-state index contributed by atoms with van der Waals surface area (Å²) in [6, 6.07) is 11.5. The molecule has 34 heavy (non-hydrogen) atoms. The smallest absolute Gasteiger partial charge is 0.343 e. The molecule has 0 aliphatic carbocycles. The molecule has 0 radical (unpaired) electrons. The first kappa shape index (κ1) is 25.1. The van der Waals surface area contributed by atoms with Gasteiger partial charge in [0.1, 0.15) is 5.75 Å². The van der Waals surface area contributed by atoms with Gasteiger partial charge in [-0.3, -0.25) is 15.0 Å². The number of hydrogen-bond acceptors (Lipinski definition) is 9. The minimum atomic E-state index is -0.521. The largest absolute Gasteiger partial charge is 0.497 e. The van der Waals surface area contributed by atoms with Crippen LogP contribution in [0.25, 0.3) is 6.08 Å². The van der Waals surface area contributed by atoms with E-state index in [9.17, 15) is 14.4 Å². The van der Waals surface area contributed by atoms with E-state index in [-0.39, 0.29) is 10.9 Å². The molecule has 1 aliphatic rings. The molecule has 0 aromatic heterocycles. The number of carbonyl (C=O) groups excluding carboxylic acids is 3. The Morgan fingerprint density at radius 3 is 2.47 bits per heavy atom. The molecule has 11 heteroatoms. The van der Waals surface area contributed by atoms with Crippen molar-refractivity contribution in [2.24, 2.45) is 0 Å². The molecule has 2 aromatic rings. The van der Waals surface area contributed by atoms with Gasteiger partial charge < -0.3 is 18.9 Å². The standard InChI is InChI=1S/C23H22N2O7S2/c1-4-31-18-11-14(5-10-17(18)32-13-20(26)30-3)12-19-22(28)25(23(33)34-19)24-21(27)15-6-8-16(29-2)9-7-15/h5-12H,4,13H2,1-3H3,(H,24,27)/b19-12+. The second kappa shape index (κ2) is 11.5. The van der Waals surface area contributed by atoms with Crippen LogP contribution in [0.2, 0.25) is 0 Å². The van der Waals surface area contributed by atoms with E-state index in [1.165, 1.54) is 14.2 Å². The average Bonchev–Trinajstić information content (AvgIpc) is 3.10. The fourth-order valence-electron chi connectivity index (χ4n) is 2.82. The van der Waals surface area contributed by atoms with Crippen LogP contribution >= 0.6 is 24.0 Å². The van der Waals surface area contributed by atoms with Crippen molar-refractivity contribution in [2.75, 3.05) is 27.4 Å². The Kier molecular flexibility index (Phi) is 8.50. The number of rotatable bonds is 9. The van der Waals surface area contributed by atoms with E-state index in [4.69, 9.17) is 26.4 Å². The Bertz CT molecular complexity index is 1130. The van der Waals surface area contributed by atoms with Gasteiger partial charge in [0.15, 0.2) is 22.4 Å². The summed E-state index contributed by atoms with van der Waals surface area (Å²) in [5.41, 5.74) is 3.53. The number of hydrogen-bond donors (Lipinski definition) is 1. The van der Waals surface area contributed by atoms with Gasteiger partial charge in [-0.2, -0.15) is 5.01 Å². The molecule has 1 aliphatic heterocycles. The molecule has 178 valence electrons. The highest BCUT2D eigenvalue weighted by Crippen LogP contribution is 2.34. The lowest BCUT2D eigenvalue weighted by atomic mass is 10.2. The Balaban J connectivity index is 1.74. The maximum Gasteiger partial charge on any atom is 0.343 e. The maximum atomic E-state index is 12.9. The van der Waals surface area contributed by atoms with Crippen molar-refractivity contribution in [1.29, 1.82) is 0 Å². The molecule has 0 unspecified atom stereocenters. The third-order valence-electron chi connectivity index (χ3n) is 4.50. The Morgan fingerprint density at radius 2 is 1.82 bits per heavy atom. The number of nitrogens with zero attached hydrogens (tertiary/aromatic N) is 1. The van der Waals surface area contributed by atoms with E-state index in [2.05, 4.69) is 10.2 Å². The molecule has 0 bridgehead atoms. The predicted octanol–water partition coefficient (Wildman–Crippen LogP) is 3.19. The molecule has 0 atom stereocenters. The number of carbonyl (C=O) groups is 3. The summed E-state index contributed by atoms with van der Waals surface area (Å²) in [4.78, 5) is 37.1. The topological polar surface area (TPSA) is 103 Å². The van der Waals surface area contributed by atoms with Crippen molar-refractivity contribution in [1.82, 2.24) is 10.4 Å². The van der Waals surface area contributed by atoms with Gasteiger partial charge in [-0.1, -0.05) is 17.8 Å². The molecular weight excluding hydrogens is 480 g/mol. The first-order valence-corrected chi connectivity index (χ1v) is 11.3. The van der Waals surface area contributed by atoms with Gasteiger partial charge >= 0.3 is 5.97 Å². The molecule has 3 rings (SSSR count). The zero-order chi connectivity index (χ0) is 24.7. The van der Waals surface area contributed by atoms with Crippen molar-refractivity contribution < 1.29 is 33.3 Å². The van der Waals surface area contributed by atoms with Crippen LogP contribution in [0.1, 0.15) is 22.8 Å². The van der Waals surface area contributed by atoms with Crippen molar-refractivity contribution >= 4 is 52.2 Å². The quantitative estimate of drug-likeness (QED) is 0.315. The van der Waals surface area contributed by atoms with Crippen molar-refractivity contribution in [2.45, 2.75) is 6.92 Å². The fourth-order valence-corrected chi connectivity index (χ4v) is 4.00. The maximum absolute atomic E-state index is 12.9. The summed E-state index contributed by atoms with van der Waals surface area (Å²) in [7, 11) is 2.80. The number of thioether (sulfide) groups is 1. The van der Waals surface area contributed by atoms with E-state index in [0.717, 1.165) is 16.8 Å². The first-order chi connectivity index (χ1) is 16.4. The highest BCUT2D eigenvalue weighted by molar-refractivity contribution is 8.26. The van der Waals surface area contributed by atoms with Gasteiger partial charge in [-0.25, -0.2) is 4.79 Å². The molecule has 0 spiro atoms. The van der Waals surface area contributed by atoms with E-state index in [1.807, 2.05) is 6.92 Å². The zero-order valence-corrected chi connectivity index (χ0v) is 20.3. The fraction of sp³-hybridized carbons (Fsp3) is 0.217. The lowest BCUT2D eigenvalue weighted by Gasteiger charge is -2.15. The predicted molar refractivity (Wildman–Crippen MR) is 131 cm³/mol. The third kappa shape index (κ3) is 6.06. The van der Waals surface area contributed by atoms with Gasteiger partial charge in [0.05, 0.1) is 25.7 Å². The number of ether oxygens (including phenoxy) is 4. The summed E-state index contributed by atoms with van der Waals surface area (Å²) >= 11 is 6.34. The van der Waals surface area contributed by atoms with Crippen LogP contribution in [0.3, 0.4) is 0 Å². The second-order valence-electron chi connectivity index (χ2n) is 6.69. The molecule has 2 amide bonds. The van der Waals surface area contributed by atoms with Gasteiger partial charge in [0.25, 0.3) is 11.8 Å². The monoisotopic (exact) mass is 502 g/mol. The molecule has 1 saturated heterocycles. The number of hydrazine groups is 1. The minimum absolute atomic E-state index is 0.196. The van der Waals surface area contributed by atoms with Gasteiger partial charge in [-0.05, 0) is 67.2 Å². The molecule has 9 nitrogen and oxygen atoms in total. The SMILES string of the molecule is CCOc1cc(/C=C2/SC(=S)N(NC(=O)c3ccc(OC)cc3)C2=O)ccc1OCC(=O)OC. The molecular formula is C23H22N2O7S2. The minimum Gasteiger partial charge on any atom is -0.497 e. The summed E-state index contributed by atoms with van der Waals surface area (Å²) < 4.78 is 20.9. The summed E-state index contributed by atoms with van der Waals surface area (Å²) in [6.07, 6.45) is 1.63. The van der Waals surface area contributed by atoms with Crippen LogP contribution in [0, 0.1) is 0 Å². The first-order valence-electron chi connectivity index (χ1n) is 10.1. The number of amides is 2. The molecule has 0 saturated carbocycles. The van der Waals surface area contributed by atoms with Crippen LogP contribution in [-0.4, -0.2) is 54.5 Å². The third-order valence-corrected chi connectivity index (χ3v) is 5.80. The molecule has 1 fully saturated rings. The molecule has 1 N–H and O–H groups in total. The van der Waals surface area contributed by atoms with E-state index in [0.29, 0.717) is 39.9 Å². The normalized spacial score (nSPS) is 14.2. The summed E-state index contributed by atoms with van der Waals surface area (Å²) in [5, 5.41) is 1.04. The summed E-state index contributed by atoms with van der Waals surface area (Å²) in [5.74, 6) is -0.0796. The number of nitrogens with one attached hydrogen (secondary N) is 1. The van der Waals surface area contributed by atoms with E-state index in [1.54, 1.807) is 48.5 Å². The van der Waals surface area contributed by atoms with Crippen molar-refractivity contribution in [3.8, 4) is 17.2 Å². The lowest BCUT2D eigenvalue weighted by molar-refractivity contribution is -0.142. The van der Waals surface area contributed by atoms with Crippen LogP contribution < -0.4 is 19.6 Å². The van der Waals surface area contributed by atoms with Crippen LogP contribution in [0.5, 0.6) is 17.2 Å². The number of methoxy groups -OCH3 is 2. The highest BCUT2D eigenvalue weighted by Gasteiger charge is 2.33. The van der Waals surface area contributed by atoms with Crippen LogP contribution in [-0.2, 0) is 14.3 Å². The Morgan fingerprint density at radius 1 is 1.09 bits per heavy atom. The van der Waals surface area contributed by atoms with Crippen molar-refractivity contribution in [3.63, 3.8) is 0 Å². The molecule has 2 aromatic carbocycles. The van der Waals surface area contributed by atoms with Crippen LogP contribution in [0.15, 0.2) is 47.4 Å². The lowest BCUT2D eigenvalue weighted by Crippen LogP contribution is -2.44. The van der Waals surface area contributed by atoms with Gasteiger partial charge in [-0.15, -0.1) is 0 Å². The number of esters is 1. The van der Waals surface area contributed by atoms with Crippen molar-refractivity contribution in [3.05, 3.63) is 58.5 Å². The van der Waals surface area contributed by atoms with E-state index >= 15 is 0 Å². The van der Waals surface area contributed by atoms with Gasteiger partial charge in [0.2, 0.25) is 0 Å².